The van der Waals surface area contributed by atoms with Crippen molar-refractivity contribution < 1.29 is 0 Å². The van der Waals surface area contributed by atoms with Gasteiger partial charge in [0.2, 0.25) is 0 Å². The molecule has 2 aromatic rings. The summed E-state index contributed by atoms with van der Waals surface area (Å²) in [5, 5.41) is 5.01. The zero-order valence-corrected chi connectivity index (χ0v) is 12.5. The quantitative estimate of drug-likeness (QED) is 0.865. The first-order chi connectivity index (χ1) is 9.28. The molecule has 1 aromatic carbocycles. The van der Waals surface area contributed by atoms with E-state index >= 15 is 0 Å². The average Bonchev–Trinajstić information content (AvgIpc) is 3.00. The topological polar surface area (TPSA) is 24.9 Å². The van der Waals surface area contributed by atoms with Crippen LogP contribution in [0, 0.1) is 11.8 Å². The first-order valence-electron chi connectivity index (χ1n) is 7.35. The third-order valence-corrected chi connectivity index (χ3v) is 5.14. The Bertz CT molecular complexity index is 515. The second-order valence-electron chi connectivity index (χ2n) is 5.72. The molecule has 0 saturated heterocycles. The summed E-state index contributed by atoms with van der Waals surface area (Å²) in [6.07, 6.45) is 3.68. The molecular weight excluding hydrogens is 252 g/mol. The first kappa shape index (κ1) is 13.1. The summed E-state index contributed by atoms with van der Waals surface area (Å²) >= 11 is 1.85. The molecule has 0 aliphatic heterocycles. The molecule has 0 radical (unpaired) electrons. The highest BCUT2D eigenvalue weighted by molar-refractivity contribution is 7.18. The van der Waals surface area contributed by atoms with Crippen molar-refractivity contribution in [3.63, 3.8) is 0 Å². The Kier molecular flexibility index (Phi) is 3.85. The molecular formula is C16H22N2S. The van der Waals surface area contributed by atoms with Crippen molar-refractivity contribution in [1.82, 2.24) is 10.3 Å². The Labute approximate surface area is 119 Å². The fourth-order valence-corrected chi connectivity index (χ4v) is 3.84. The minimum absolute atomic E-state index is 0.621. The molecule has 0 amide bonds. The molecule has 1 aliphatic rings. The van der Waals surface area contributed by atoms with Crippen molar-refractivity contribution in [2.24, 2.45) is 11.8 Å². The summed E-state index contributed by atoms with van der Waals surface area (Å²) in [5.74, 6) is 1.75. The Morgan fingerprint density at radius 1 is 1.42 bits per heavy atom. The van der Waals surface area contributed by atoms with Gasteiger partial charge in [0.25, 0.3) is 0 Å². The fourth-order valence-electron chi connectivity index (χ4n) is 2.81. The van der Waals surface area contributed by atoms with Crippen LogP contribution in [0.1, 0.15) is 31.7 Å². The normalized spacial score (nSPS) is 23.7. The fraction of sp³-hybridized carbons (Fsp3) is 0.562. The van der Waals surface area contributed by atoms with E-state index in [0.29, 0.717) is 6.04 Å². The summed E-state index contributed by atoms with van der Waals surface area (Å²) in [4.78, 5) is 4.77. The highest BCUT2D eigenvalue weighted by atomic mass is 32.1. The summed E-state index contributed by atoms with van der Waals surface area (Å²) in [5.41, 5.74) is 1.15. The maximum Gasteiger partial charge on any atom is 0.0954 e. The van der Waals surface area contributed by atoms with Gasteiger partial charge in [-0.2, -0.15) is 0 Å². The van der Waals surface area contributed by atoms with Crippen LogP contribution in [0.4, 0.5) is 0 Å². The minimum Gasteiger partial charge on any atom is -0.313 e. The van der Waals surface area contributed by atoms with Crippen LogP contribution >= 0.6 is 11.3 Å². The summed E-state index contributed by atoms with van der Waals surface area (Å²) < 4.78 is 1.32. The standard InChI is InChI=1S/C16H22N2S/c1-3-8-17-14(12-9-11(12)2)10-16-18-13-6-4-5-7-15(13)19-16/h4-7,11-12,14,17H,3,8-10H2,1-2H3. The van der Waals surface area contributed by atoms with Crippen LogP contribution in [0.25, 0.3) is 10.2 Å². The highest BCUT2D eigenvalue weighted by Crippen LogP contribution is 2.41. The Balaban J connectivity index is 1.73. The van der Waals surface area contributed by atoms with E-state index in [2.05, 4.69) is 43.4 Å². The minimum atomic E-state index is 0.621. The molecule has 0 bridgehead atoms. The SMILES string of the molecule is CCCNC(Cc1nc2ccccc2s1)C1CC1C. The summed E-state index contributed by atoms with van der Waals surface area (Å²) in [6.45, 7) is 5.72. The predicted octanol–water partition coefficient (Wildman–Crippen LogP) is 3.86. The Hall–Kier alpha value is -0.930. The molecule has 3 unspecified atom stereocenters. The lowest BCUT2D eigenvalue weighted by atomic mass is 10.1. The van der Waals surface area contributed by atoms with Crippen LogP contribution in [0.2, 0.25) is 0 Å². The molecule has 1 aliphatic carbocycles. The molecule has 19 heavy (non-hydrogen) atoms. The number of thiazole rings is 1. The molecule has 1 fully saturated rings. The lowest BCUT2D eigenvalue weighted by molar-refractivity contribution is 0.443. The Morgan fingerprint density at radius 2 is 2.21 bits per heavy atom. The summed E-state index contributed by atoms with van der Waals surface area (Å²) in [6, 6.07) is 9.08. The molecule has 0 spiro atoms. The zero-order valence-electron chi connectivity index (χ0n) is 11.7. The van der Waals surface area contributed by atoms with Gasteiger partial charge in [-0.25, -0.2) is 4.98 Å². The van der Waals surface area contributed by atoms with E-state index in [1.165, 1.54) is 22.5 Å². The monoisotopic (exact) mass is 274 g/mol. The van der Waals surface area contributed by atoms with Gasteiger partial charge < -0.3 is 5.32 Å². The van der Waals surface area contributed by atoms with Crippen molar-refractivity contribution in [1.29, 1.82) is 0 Å². The number of hydrogen-bond donors (Lipinski definition) is 1. The maximum absolute atomic E-state index is 4.77. The second kappa shape index (κ2) is 5.59. The van der Waals surface area contributed by atoms with Crippen molar-refractivity contribution >= 4 is 21.6 Å². The van der Waals surface area contributed by atoms with Crippen molar-refractivity contribution in [3.05, 3.63) is 29.3 Å². The number of nitrogens with one attached hydrogen (secondary N) is 1. The molecule has 3 rings (SSSR count). The third kappa shape index (κ3) is 2.98. The van der Waals surface area contributed by atoms with Crippen LogP contribution in [0.15, 0.2) is 24.3 Å². The summed E-state index contributed by atoms with van der Waals surface area (Å²) in [7, 11) is 0. The molecule has 102 valence electrons. The lowest BCUT2D eigenvalue weighted by Gasteiger charge is -2.17. The van der Waals surface area contributed by atoms with Gasteiger partial charge in [0.1, 0.15) is 0 Å². The van der Waals surface area contributed by atoms with E-state index in [1.807, 2.05) is 11.3 Å². The van der Waals surface area contributed by atoms with Crippen molar-refractivity contribution in [2.75, 3.05) is 6.54 Å². The molecule has 3 atom stereocenters. The van der Waals surface area contributed by atoms with E-state index in [4.69, 9.17) is 4.98 Å². The van der Waals surface area contributed by atoms with Crippen LogP contribution in [0.5, 0.6) is 0 Å². The van der Waals surface area contributed by atoms with Gasteiger partial charge in [-0.15, -0.1) is 11.3 Å². The molecule has 2 nitrogen and oxygen atoms in total. The highest BCUT2D eigenvalue weighted by Gasteiger charge is 2.39. The smallest absolute Gasteiger partial charge is 0.0954 e. The molecule has 1 aromatic heterocycles. The zero-order chi connectivity index (χ0) is 13.2. The number of benzene rings is 1. The van der Waals surface area contributed by atoms with Gasteiger partial charge in [0, 0.05) is 12.5 Å². The van der Waals surface area contributed by atoms with Gasteiger partial charge in [-0.3, -0.25) is 0 Å². The Morgan fingerprint density at radius 3 is 2.89 bits per heavy atom. The van der Waals surface area contributed by atoms with Gasteiger partial charge in [0.15, 0.2) is 0 Å². The number of hydrogen-bond acceptors (Lipinski definition) is 3. The molecule has 1 heterocycles. The predicted molar refractivity (Wildman–Crippen MR) is 82.7 cm³/mol. The van der Waals surface area contributed by atoms with Gasteiger partial charge in [0.05, 0.1) is 15.2 Å². The van der Waals surface area contributed by atoms with E-state index in [0.717, 1.165) is 30.3 Å². The van der Waals surface area contributed by atoms with Gasteiger partial charge >= 0.3 is 0 Å². The number of rotatable bonds is 6. The van der Waals surface area contributed by atoms with Crippen molar-refractivity contribution in [3.8, 4) is 0 Å². The molecule has 1 N–H and O–H groups in total. The number of aromatic nitrogens is 1. The first-order valence-corrected chi connectivity index (χ1v) is 8.17. The number of fused-ring (bicyclic) bond motifs is 1. The van der Waals surface area contributed by atoms with Crippen molar-refractivity contribution in [2.45, 2.75) is 39.2 Å². The van der Waals surface area contributed by atoms with Crippen LogP contribution < -0.4 is 5.32 Å². The van der Waals surface area contributed by atoms with E-state index in [9.17, 15) is 0 Å². The van der Waals surface area contributed by atoms with E-state index in [1.54, 1.807) is 0 Å². The average molecular weight is 274 g/mol. The second-order valence-corrected chi connectivity index (χ2v) is 6.83. The number of nitrogens with zero attached hydrogens (tertiary/aromatic N) is 1. The largest absolute Gasteiger partial charge is 0.313 e. The number of para-hydroxylation sites is 1. The maximum atomic E-state index is 4.77. The van der Waals surface area contributed by atoms with Crippen LogP contribution in [-0.2, 0) is 6.42 Å². The molecule has 1 saturated carbocycles. The van der Waals surface area contributed by atoms with Crippen LogP contribution in [0.3, 0.4) is 0 Å². The van der Waals surface area contributed by atoms with E-state index in [-0.39, 0.29) is 0 Å². The van der Waals surface area contributed by atoms with Crippen LogP contribution in [-0.4, -0.2) is 17.6 Å². The third-order valence-electron chi connectivity index (χ3n) is 4.08. The van der Waals surface area contributed by atoms with Gasteiger partial charge in [-0.05, 0) is 43.4 Å². The molecule has 3 heteroatoms. The van der Waals surface area contributed by atoms with Gasteiger partial charge in [-0.1, -0.05) is 26.0 Å². The lowest BCUT2D eigenvalue weighted by Crippen LogP contribution is -2.34. The van der Waals surface area contributed by atoms with E-state index < -0.39 is 0 Å².